The summed E-state index contributed by atoms with van der Waals surface area (Å²) in [5.74, 6) is -0.0857. The number of carbonyl (C=O) groups excluding carboxylic acids is 1. The SMILES string of the molecule is CCCOCCCNC(=O)c1cc(Cl)ccc1I. The van der Waals surface area contributed by atoms with E-state index in [4.69, 9.17) is 16.3 Å². The predicted octanol–water partition coefficient (Wildman–Crippen LogP) is 3.49. The number of benzene rings is 1. The molecule has 0 atom stereocenters. The van der Waals surface area contributed by atoms with Crippen LogP contribution in [0.25, 0.3) is 0 Å². The van der Waals surface area contributed by atoms with Gasteiger partial charge in [0.2, 0.25) is 0 Å². The summed E-state index contributed by atoms with van der Waals surface area (Å²) < 4.78 is 6.24. The number of ether oxygens (including phenoxy) is 1. The number of nitrogens with one attached hydrogen (secondary N) is 1. The number of hydrogen-bond acceptors (Lipinski definition) is 2. The second kappa shape index (κ2) is 8.72. The molecular weight excluding hydrogens is 365 g/mol. The number of rotatable bonds is 7. The van der Waals surface area contributed by atoms with Gasteiger partial charge in [-0.25, -0.2) is 0 Å². The topological polar surface area (TPSA) is 38.3 Å². The van der Waals surface area contributed by atoms with Crippen LogP contribution in [0.2, 0.25) is 5.02 Å². The van der Waals surface area contributed by atoms with Gasteiger partial charge in [-0.1, -0.05) is 18.5 Å². The maximum absolute atomic E-state index is 11.9. The highest BCUT2D eigenvalue weighted by atomic mass is 127. The van der Waals surface area contributed by atoms with Crippen LogP contribution >= 0.6 is 34.2 Å². The molecule has 0 saturated carbocycles. The monoisotopic (exact) mass is 381 g/mol. The van der Waals surface area contributed by atoms with E-state index in [1.807, 2.05) is 6.07 Å². The summed E-state index contributed by atoms with van der Waals surface area (Å²) in [6, 6.07) is 5.30. The Kier molecular flexibility index (Phi) is 7.62. The molecule has 0 radical (unpaired) electrons. The maximum Gasteiger partial charge on any atom is 0.252 e. The molecule has 0 saturated heterocycles. The van der Waals surface area contributed by atoms with Crippen molar-refractivity contribution in [3.8, 4) is 0 Å². The minimum Gasteiger partial charge on any atom is -0.381 e. The van der Waals surface area contributed by atoms with Gasteiger partial charge in [0, 0.05) is 28.4 Å². The number of halogens is 2. The predicted molar refractivity (Wildman–Crippen MR) is 82.2 cm³/mol. The molecule has 0 spiro atoms. The molecule has 18 heavy (non-hydrogen) atoms. The maximum atomic E-state index is 11.9. The molecule has 0 aliphatic rings. The van der Waals surface area contributed by atoms with E-state index in [0.717, 1.165) is 23.0 Å². The smallest absolute Gasteiger partial charge is 0.252 e. The van der Waals surface area contributed by atoms with Crippen LogP contribution in [-0.2, 0) is 4.74 Å². The summed E-state index contributed by atoms with van der Waals surface area (Å²) >= 11 is 8.00. The molecule has 1 aromatic carbocycles. The first kappa shape index (κ1) is 15.7. The Bertz CT molecular complexity index is 399. The zero-order chi connectivity index (χ0) is 13.4. The zero-order valence-electron chi connectivity index (χ0n) is 10.3. The average molecular weight is 382 g/mol. The molecule has 0 unspecified atom stereocenters. The summed E-state index contributed by atoms with van der Waals surface area (Å²) in [6.07, 6.45) is 1.84. The first-order chi connectivity index (χ1) is 8.65. The molecule has 0 aromatic heterocycles. The van der Waals surface area contributed by atoms with Gasteiger partial charge in [0.05, 0.1) is 5.56 Å². The quantitative estimate of drug-likeness (QED) is 0.580. The zero-order valence-corrected chi connectivity index (χ0v) is 13.3. The second-order valence-corrected chi connectivity index (χ2v) is 5.44. The van der Waals surface area contributed by atoms with Crippen LogP contribution in [0.5, 0.6) is 0 Å². The summed E-state index contributed by atoms with van der Waals surface area (Å²) in [6.45, 7) is 4.15. The molecular formula is C13H17ClINO2. The van der Waals surface area contributed by atoms with Gasteiger partial charge in [-0.15, -0.1) is 0 Å². The van der Waals surface area contributed by atoms with Crippen molar-refractivity contribution < 1.29 is 9.53 Å². The Morgan fingerprint density at radius 2 is 2.22 bits per heavy atom. The van der Waals surface area contributed by atoms with Crippen LogP contribution < -0.4 is 5.32 Å². The largest absolute Gasteiger partial charge is 0.381 e. The summed E-state index contributed by atoms with van der Waals surface area (Å²) in [7, 11) is 0. The second-order valence-electron chi connectivity index (χ2n) is 3.85. The third-order valence-electron chi connectivity index (χ3n) is 2.27. The van der Waals surface area contributed by atoms with Crippen molar-refractivity contribution in [2.75, 3.05) is 19.8 Å². The van der Waals surface area contributed by atoms with E-state index in [-0.39, 0.29) is 5.91 Å². The van der Waals surface area contributed by atoms with E-state index in [0.29, 0.717) is 23.7 Å². The highest BCUT2D eigenvalue weighted by Crippen LogP contribution is 2.17. The Morgan fingerprint density at radius 1 is 1.44 bits per heavy atom. The van der Waals surface area contributed by atoms with Gasteiger partial charge >= 0.3 is 0 Å². The average Bonchev–Trinajstić information content (AvgIpc) is 2.36. The van der Waals surface area contributed by atoms with Gasteiger partial charge in [-0.2, -0.15) is 0 Å². The molecule has 0 fully saturated rings. The van der Waals surface area contributed by atoms with Crippen LogP contribution in [0, 0.1) is 3.57 Å². The Balaban J connectivity index is 2.34. The van der Waals surface area contributed by atoms with Crippen LogP contribution in [0.15, 0.2) is 18.2 Å². The first-order valence-corrected chi connectivity index (χ1v) is 7.41. The Morgan fingerprint density at radius 3 is 2.94 bits per heavy atom. The van der Waals surface area contributed by atoms with E-state index in [9.17, 15) is 4.79 Å². The van der Waals surface area contributed by atoms with Gasteiger partial charge in [0.1, 0.15) is 0 Å². The molecule has 1 N–H and O–H groups in total. The van der Waals surface area contributed by atoms with Gasteiger partial charge in [0.15, 0.2) is 0 Å². The normalized spacial score (nSPS) is 10.4. The highest BCUT2D eigenvalue weighted by Gasteiger charge is 2.09. The van der Waals surface area contributed by atoms with Crippen LogP contribution in [0.4, 0.5) is 0 Å². The van der Waals surface area contributed by atoms with Crippen LogP contribution in [-0.4, -0.2) is 25.7 Å². The molecule has 0 aliphatic carbocycles. The van der Waals surface area contributed by atoms with Crippen molar-refractivity contribution in [1.29, 1.82) is 0 Å². The highest BCUT2D eigenvalue weighted by molar-refractivity contribution is 14.1. The molecule has 3 nitrogen and oxygen atoms in total. The third kappa shape index (κ3) is 5.54. The fraction of sp³-hybridized carbons (Fsp3) is 0.462. The standard InChI is InChI=1S/C13H17ClINO2/c1-2-7-18-8-3-6-16-13(17)11-9-10(14)4-5-12(11)15/h4-5,9H,2-3,6-8H2,1H3,(H,16,17). The summed E-state index contributed by atoms with van der Waals surface area (Å²) in [5.41, 5.74) is 0.623. The molecule has 0 heterocycles. The minimum atomic E-state index is -0.0857. The van der Waals surface area contributed by atoms with E-state index < -0.39 is 0 Å². The third-order valence-corrected chi connectivity index (χ3v) is 3.45. The van der Waals surface area contributed by atoms with Crippen molar-refractivity contribution in [2.45, 2.75) is 19.8 Å². The lowest BCUT2D eigenvalue weighted by atomic mass is 10.2. The fourth-order valence-corrected chi connectivity index (χ4v) is 2.14. The van der Waals surface area contributed by atoms with Crippen molar-refractivity contribution in [1.82, 2.24) is 5.32 Å². The van der Waals surface area contributed by atoms with Crippen molar-refractivity contribution >= 4 is 40.1 Å². The molecule has 1 rings (SSSR count). The fourth-order valence-electron chi connectivity index (χ4n) is 1.39. The van der Waals surface area contributed by atoms with E-state index in [1.54, 1.807) is 12.1 Å². The van der Waals surface area contributed by atoms with Gasteiger partial charge < -0.3 is 10.1 Å². The number of carbonyl (C=O) groups is 1. The number of hydrogen-bond donors (Lipinski definition) is 1. The van der Waals surface area contributed by atoms with Gasteiger partial charge in [0.25, 0.3) is 5.91 Å². The Labute approximate surface area is 126 Å². The summed E-state index contributed by atoms with van der Waals surface area (Å²) in [5, 5.41) is 3.44. The molecule has 100 valence electrons. The lowest BCUT2D eigenvalue weighted by molar-refractivity contribution is 0.0940. The van der Waals surface area contributed by atoms with Gasteiger partial charge in [-0.05, 0) is 53.6 Å². The van der Waals surface area contributed by atoms with Gasteiger partial charge in [-0.3, -0.25) is 4.79 Å². The summed E-state index contributed by atoms with van der Waals surface area (Å²) in [4.78, 5) is 11.9. The lowest BCUT2D eigenvalue weighted by Gasteiger charge is -2.07. The van der Waals surface area contributed by atoms with E-state index in [1.165, 1.54) is 0 Å². The molecule has 0 aliphatic heterocycles. The van der Waals surface area contributed by atoms with Crippen molar-refractivity contribution in [3.63, 3.8) is 0 Å². The molecule has 1 amide bonds. The lowest BCUT2D eigenvalue weighted by Crippen LogP contribution is -2.26. The van der Waals surface area contributed by atoms with E-state index >= 15 is 0 Å². The van der Waals surface area contributed by atoms with Crippen molar-refractivity contribution in [3.05, 3.63) is 32.4 Å². The first-order valence-electron chi connectivity index (χ1n) is 5.96. The van der Waals surface area contributed by atoms with Crippen molar-refractivity contribution in [2.24, 2.45) is 0 Å². The molecule has 0 bridgehead atoms. The number of amides is 1. The van der Waals surface area contributed by atoms with Crippen LogP contribution in [0.3, 0.4) is 0 Å². The molecule has 5 heteroatoms. The van der Waals surface area contributed by atoms with Crippen LogP contribution in [0.1, 0.15) is 30.1 Å². The van der Waals surface area contributed by atoms with E-state index in [2.05, 4.69) is 34.8 Å². The minimum absolute atomic E-state index is 0.0857. The Hall–Kier alpha value is -0.330. The molecule has 1 aromatic rings.